The minimum absolute atomic E-state index is 0.122. The molecule has 0 aliphatic carbocycles. The van der Waals surface area contributed by atoms with Gasteiger partial charge in [-0.05, 0) is 37.3 Å². The molecule has 1 fully saturated rings. The molecule has 0 saturated carbocycles. The zero-order chi connectivity index (χ0) is 16.7. The van der Waals surface area contributed by atoms with Gasteiger partial charge in [0.25, 0.3) is 0 Å². The fourth-order valence-electron chi connectivity index (χ4n) is 3.31. The van der Waals surface area contributed by atoms with E-state index in [0.717, 1.165) is 33.3 Å². The summed E-state index contributed by atoms with van der Waals surface area (Å²) < 4.78 is 5.44. The quantitative estimate of drug-likeness (QED) is 0.881. The molecule has 2 N–H and O–H groups in total. The second-order valence-electron chi connectivity index (χ2n) is 5.97. The number of methoxy groups -OCH3 is 1. The molecule has 5 nitrogen and oxygen atoms in total. The first-order valence-corrected chi connectivity index (χ1v) is 8.33. The Bertz CT molecular complexity index is 790. The Labute approximate surface area is 146 Å². The zero-order valence-electron chi connectivity index (χ0n) is 13.6. The third-order valence-electron chi connectivity index (χ3n) is 4.49. The molecule has 0 spiro atoms. The van der Waals surface area contributed by atoms with Crippen molar-refractivity contribution in [2.75, 3.05) is 18.6 Å². The maximum absolute atomic E-state index is 6.04. The van der Waals surface area contributed by atoms with Crippen LogP contribution in [0.15, 0.2) is 47.5 Å². The summed E-state index contributed by atoms with van der Waals surface area (Å²) in [6.07, 6.45) is 0.304. The van der Waals surface area contributed by atoms with E-state index < -0.39 is 0 Å². The molecule has 2 atom stereocenters. The van der Waals surface area contributed by atoms with Crippen LogP contribution in [0.2, 0.25) is 5.02 Å². The molecular formula is C18H19ClN4O. The van der Waals surface area contributed by atoms with E-state index in [1.165, 1.54) is 0 Å². The molecular weight excluding hydrogens is 324 g/mol. The van der Waals surface area contributed by atoms with E-state index in [0.29, 0.717) is 6.54 Å². The van der Waals surface area contributed by atoms with Gasteiger partial charge in [-0.15, -0.1) is 0 Å². The van der Waals surface area contributed by atoms with Gasteiger partial charge in [0.05, 0.1) is 25.5 Å². The summed E-state index contributed by atoms with van der Waals surface area (Å²) in [4.78, 5) is 7.21. The molecule has 124 valence electrons. The average Bonchev–Trinajstić information content (AvgIpc) is 2.88. The van der Waals surface area contributed by atoms with Crippen molar-refractivity contribution >= 4 is 23.0 Å². The average molecular weight is 343 g/mol. The minimum Gasteiger partial charge on any atom is -0.497 e. The largest absolute Gasteiger partial charge is 0.497 e. The highest BCUT2D eigenvalue weighted by Crippen LogP contribution is 2.33. The molecule has 0 bridgehead atoms. The highest BCUT2D eigenvalue weighted by Gasteiger charge is 2.34. The summed E-state index contributed by atoms with van der Waals surface area (Å²) in [5.41, 5.74) is 10.8. The fourth-order valence-corrected chi connectivity index (χ4v) is 3.44. The lowest BCUT2D eigenvalue weighted by Crippen LogP contribution is -2.40. The van der Waals surface area contributed by atoms with Gasteiger partial charge in [-0.3, -0.25) is 4.99 Å². The van der Waals surface area contributed by atoms with Crippen LogP contribution < -0.4 is 20.5 Å². The first-order chi connectivity index (χ1) is 11.7. The van der Waals surface area contributed by atoms with Gasteiger partial charge < -0.3 is 9.64 Å². The van der Waals surface area contributed by atoms with Crippen LogP contribution >= 0.6 is 11.6 Å². The van der Waals surface area contributed by atoms with Gasteiger partial charge in [0.2, 0.25) is 0 Å². The summed E-state index contributed by atoms with van der Waals surface area (Å²) in [5, 5.41) is 0.721. The molecule has 2 aromatic rings. The van der Waals surface area contributed by atoms with Gasteiger partial charge >= 0.3 is 0 Å². The molecule has 2 aliphatic rings. The molecule has 1 saturated heterocycles. The Hall–Kier alpha value is -2.08. The summed E-state index contributed by atoms with van der Waals surface area (Å²) >= 11 is 6.04. The summed E-state index contributed by atoms with van der Waals surface area (Å²) in [6.45, 7) is 2.79. The first kappa shape index (κ1) is 15.4. The second kappa shape index (κ2) is 6.09. The Morgan fingerprint density at radius 1 is 1.17 bits per heavy atom. The van der Waals surface area contributed by atoms with Crippen molar-refractivity contribution in [1.82, 2.24) is 10.9 Å². The van der Waals surface area contributed by atoms with Crippen LogP contribution in [0.5, 0.6) is 5.75 Å². The Balaban J connectivity index is 1.89. The highest BCUT2D eigenvalue weighted by molar-refractivity contribution is 6.30. The molecule has 0 radical (unpaired) electrons. The van der Waals surface area contributed by atoms with Crippen LogP contribution in [-0.2, 0) is 0 Å². The lowest BCUT2D eigenvalue weighted by Gasteiger charge is -2.28. The molecule has 6 heteroatoms. The monoisotopic (exact) mass is 342 g/mol. The SMILES string of the molecule is COc1ccc2c(c1)C(c1ccc(Cl)cc1)=NCC1NNC(C)N21. The highest BCUT2D eigenvalue weighted by atomic mass is 35.5. The van der Waals surface area contributed by atoms with E-state index in [-0.39, 0.29) is 12.3 Å². The van der Waals surface area contributed by atoms with Crippen molar-refractivity contribution in [3.05, 3.63) is 58.6 Å². The smallest absolute Gasteiger partial charge is 0.119 e. The number of anilines is 1. The van der Waals surface area contributed by atoms with Crippen molar-refractivity contribution < 1.29 is 4.74 Å². The Morgan fingerprint density at radius 3 is 2.71 bits per heavy atom. The molecule has 2 aromatic carbocycles. The number of benzene rings is 2. The van der Waals surface area contributed by atoms with Crippen molar-refractivity contribution in [2.24, 2.45) is 4.99 Å². The number of nitrogens with one attached hydrogen (secondary N) is 2. The van der Waals surface area contributed by atoms with Gasteiger partial charge in [0.15, 0.2) is 0 Å². The number of aliphatic imine (C=N–C) groups is 1. The lowest BCUT2D eigenvalue weighted by atomic mass is 9.99. The van der Waals surface area contributed by atoms with E-state index in [2.05, 4.69) is 34.8 Å². The van der Waals surface area contributed by atoms with Crippen LogP contribution in [0, 0.1) is 0 Å². The second-order valence-corrected chi connectivity index (χ2v) is 6.40. The Morgan fingerprint density at radius 2 is 1.96 bits per heavy atom. The third-order valence-corrected chi connectivity index (χ3v) is 4.74. The van der Waals surface area contributed by atoms with Crippen LogP contribution in [-0.4, -0.2) is 31.7 Å². The van der Waals surface area contributed by atoms with Crippen LogP contribution in [0.3, 0.4) is 0 Å². The third kappa shape index (κ3) is 2.55. The van der Waals surface area contributed by atoms with E-state index >= 15 is 0 Å². The number of ether oxygens (including phenoxy) is 1. The number of hydrogen-bond acceptors (Lipinski definition) is 5. The summed E-state index contributed by atoms with van der Waals surface area (Å²) in [5.74, 6) is 0.821. The number of rotatable bonds is 2. The summed E-state index contributed by atoms with van der Waals surface area (Å²) in [6, 6.07) is 14.0. The topological polar surface area (TPSA) is 48.9 Å². The van der Waals surface area contributed by atoms with E-state index in [9.17, 15) is 0 Å². The van der Waals surface area contributed by atoms with Crippen molar-refractivity contribution in [2.45, 2.75) is 19.3 Å². The number of fused-ring (bicyclic) bond motifs is 3. The van der Waals surface area contributed by atoms with Crippen molar-refractivity contribution in [3.8, 4) is 5.75 Å². The van der Waals surface area contributed by atoms with Crippen molar-refractivity contribution in [3.63, 3.8) is 0 Å². The maximum Gasteiger partial charge on any atom is 0.119 e. The normalized spacial score (nSPS) is 22.5. The predicted molar refractivity (Wildman–Crippen MR) is 97.0 cm³/mol. The maximum atomic E-state index is 6.04. The molecule has 2 heterocycles. The molecule has 2 unspecified atom stereocenters. The minimum atomic E-state index is 0.122. The van der Waals surface area contributed by atoms with E-state index in [1.54, 1.807) is 7.11 Å². The van der Waals surface area contributed by atoms with Gasteiger partial charge in [0, 0.05) is 21.8 Å². The molecule has 4 rings (SSSR count). The van der Waals surface area contributed by atoms with Crippen LogP contribution in [0.4, 0.5) is 5.69 Å². The number of hydrogen-bond donors (Lipinski definition) is 2. The zero-order valence-corrected chi connectivity index (χ0v) is 14.3. The number of halogens is 1. The molecule has 0 aromatic heterocycles. The fraction of sp³-hybridized carbons (Fsp3) is 0.278. The Kier molecular flexibility index (Phi) is 3.92. The van der Waals surface area contributed by atoms with E-state index in [4.69, 9.17) is 21.3 Å². The molecule has 24 heavy (non-hydrogen) atoms. The van der Waals surface area contributed by atoms with Crippen LogP contribution in [0.25, 0.3) is 0 Å². The van der Waals surface area contributed by atoms with Crippen LogP contribution in [0.1, 0.15) is 18.1 Å². The molecule has 2 aliphatic heterocycles. The van der Waals surface area contributed by atoms with Gasteiger partial charge in [-0.1, -0.05) is 23.7 Å². The first-order valence-electron chi connectivity index (χ1n) is 7.95. The van der Waals surface area contributed by atoms with Gasteiger partial charge in [0.1, 0.15) is 11.9 Å². The standard InChI is InChI=1S/C18H19ClN4O/c1-11-21-22-17-10-20-18(12-3-5-13(19)6-4-12)15-9-14(24-2)7-8-16(15)23(11)17/h3-9,11,17,21-22H,10H2,1-2H3. The lowest BCUT2D eigenvalue weighted by molar-refractivity contribution is 0.414. The molecule has 0 amide bonds. The number of hydrazine groups is 1. The van der Waals surface area contributed by atoms with Crippen molar-refractivity contribution in [1.29, 1.82) is 0 Å². The van der Waals surface area contributed by atoms with E-state index in [1.807, 2.05) is 30.3 Å². The number of nitrogens with zero attached hydrogens (tertiary/aromatic N) is 2. The van der Waals surface area contributed by atoms with Gasteiger partial charge in [-0.25, -0.2) is 10.9 Å². The predicted octanol–water partition coefficient (Wildman–Crippen LogP) is 2.79. The summed E-state index contributed by atoms with van der Waals surface area (Å²) in [7, 11) is 1.68. The van der Waals surface area contributed by atoms with Gasteiger partial charge in [-0.2, -0.15) is 0 Å².